The van der Waals surface area contributed by atoms with Gasteiger partial charge in [0.2, 0.25) is 5.89 Å². The summed E-state index contributed by atoms with van der Waals surface area (Å²) in [4.78, 5) is 2.03. The van der Waals surface area contributed by atoms with E-state index >= 15 is 0 Å². The van der Waals surface area contributed by atoms with Gasteiger partial charge in [-0.1, -0.05) is 11.6 Å². The van der Waals surface area contributed by atoms with Crippen molar-refractivity contribution in [1.29, 1.82) is 0 Å². The maximum absolute atomic E-state index is 5.92. The van der Waals surface area contributed by atoms with Crippen LogP contribution in [0.4, 0.5) is 0 Å². The Labute approximate surface area is 155 Å². The topological polar surface area (TPSA) is 68.4 Å². The van der Waals surface area contributed by atoms with Crippen molar-refractivity contribution in [2.45, 2.75) is 13.1 Å². The highest BCUT2D eigenvalue weighted by molar-refractivity contribution is 6.30. The zero-order valence-electron chi connectivity index (χ0n) is 14.1. The van der Waals surface area contributed by atoms with Crippen LogP contribution >= 0.6 is 11.6 Å². The molecular formula is C19H16ClN3O3. The Morgan fingerprint density at radius 3 is 2.54 bits per heavy atom. The Kier molecular flexibility index (Phi) is 4.60. The van der Waals surface area contributed by atoms with E-state index in [2.05, 4.69) is 10.2 Å². The summed E-state index contributed by atoms with van der Waals surface area (Å²) in [6.45, 7) is 1.12. The molecule has 6 nitrogen and oxygen atoms in total. The fourth-order valence-electron chi connectivity index (χ4n) is 2.60. The lowest BCUT2D eigenvalue weighted by Crippen LogP contribution is -2.17. The molecule has 0 unspecified atom stereocenters. The van der Waals surface area contributed by atoms with Crippen LogP contribution in [0.3, 0.4) is 0 Å². The summed E-state index contributed by atoms with van der Waals surface area (Å²) < 4.78 is 16.8. The summed E-state index contributed by atoms with van der Waals surface area (Å²) in [7, 11) is 1.96. The Morgan fingerprint density at radius 2 is 1.77 bits per heavy atom. The molecule has 26 heavy (non-hydrogen) atoms. The first-order valence-corrected chi connectivity index (χ1v) is 8.44. The smallest absolute Gasteiger partial charge is 0.283 e. The average molecular weight is 370 g/mol. The second-order valence-corrected chi connectivity index (χ2v) is 6.36. The lowest BCUT2D eigenvalue weighted by molar-refractivity contribution is 0.261. The largest absolute Gasteiger partial charge is 0.460 e. The average Bonchev–Trinajstić information content (AvgIpc) is 3.36. The third kappa shape index (κ3) is 3.71. The van der Waals surface area contributed by atoms with Gasteiger partial charge in [-0.05, 0) is 55.6 Å². The van der Waals surface area contributed by atoms with Crippen LogP contribution in [-0.4, -0.2) is 22.1 Å². The first kappa shape index (κ1) is 16.6. The second-order valence-electron chi connectivity index (χ2n) is 5.92. The third-order valence-corrected chi connectivity index (χ3v) is 4.07. The monoisotopic (exact) mass is 369 g/mol. The van der Waals surface area contributed by atoms with Gasteiger partial charge in [0.1, 0.15) is 11.5 Å². The highest BCUT2D eigenvalue weighted by Crippen LogP contribution is 2.24. The van der Waals surface area contributed by atoms with Crippen molar-refractivity contribution >= 4 is 11.6 Å². The van der Waals surface area contributed by atoms with Gasteiger partial charge in [0.25, 0.3) is 5.89 Å². The molecule has 4 aromatic rings. The first-order valence-electron chi connectivity index (χ1n) is 8.07. The zero-order valence-corrected chi connectivity index (χ0v) is 14.8. The molecule has 0 atom stereocenters. The van der Waals surface area contributed by atoms with Gasteiger partial charge < -0.3 is 13.3 Å². The first-order chi connectivity index (χ1) is 12.7. The Morgan fingerprint density at radius 1 is 0.923 bits per heavy atom. The Bertz CT molecular complexity index is 974. The maximum Gasteiger partial charge on any atom is 0.283 e. The van der Waals surface area contributed by atoms with Gasteiger partial charge in [0, 0.05) is 10.6 Å². The third-order valence-electron chi connectivity index (χ3n) is 3.82. The molecule has 0 fully saturated rings. The molecule has 4 rings (SSSR count). The molecule has 0 aliphatic rings. The van der Waals surface area contributed by atoms with Crippen molar-refractivity contribution in [3.05, 3.63) is 71.5 Å². The second kappa shape index (κ2) is 7.19. The van der Waals surface area contributed by atoms with E-state index in [1.165, 1.54) is 0 Å². The number of aromatic nitrogens is 2. The fraction of sp³-hybridized carbons (Fsp3) is 0.158. The van der Waals surface area contributed by atoms with Gasteiger partial charge >= 0.3 is 0 Å². The normalized spacial score (nSPS) is 11.3. The molecule has 0 spiro atoms. The highest BCUT2D eigenvalue weighted by Gasteiger charge is 2.14. The fourth-order valence-corrected chi connectivity index (χ4v) is 2.73. The van der Waals surface area contributed by atoms with Crippen LogP contribution in [0.2, 0.25) is 5.02 Å². The molecule has 0 saturated heterocycles. The number of halogens is 1. The number of rotatable bonds is 6. The summed E-state index contributed by atoms with van der Waals surface area (Å²) in [5.74, 6) is 3.11. The molecule has 0 radical (unpaired) electrons. The molecule has 0 amide bonds. The highest BCUT2D eigenvalue weighted by atomic mass is 35.5. The molecule has 1 aromatic carbocycles. The zero-order chi connectivity index (χ0) is 17.9. The molecule has 0 bridgehead atoms. The molecule has 0 aliphatic carbocycles. The predicted octanol–water partition coefficient (Wildman–Crippen LogP) is 4.88. The van der Waals surface area contributed by atoms with Gasteiger partial charge in [-0.15, -0.1) is 10.2 Å². The molecular weight excluding hydrogens is 354 g/mol. The van der Waals surface area contributed by atoms with Crippen molar-refractivity contribution in [2.75, 3.05) is 7.05 Å². The predicted molar refractivity (Wildman–Crippen MR) is 96.3 cm³/mol. The quantitative estimate of drug-likeness (QED) is 0.482. The maximum atomic E-state index is 5.92. The van der Waals surface area contributed by atoms with E-state index in [1.807, 2.05) is 48.3 Å². The van der Waals surface area contributed by atoms with E-state index in [1.54, 1.807) is 18.4 Å². The van der Waals surface area contributed by atoms with Crippen LogP contribution < -0.4 is 0 Å². The molecule has 7 heteroatoms. The molecule has 3 aromatic heterocycles. The number of furan rings is 2. The Hall–Kier alpha value is -2.83. The van der Waals surface area contributed by atoms with Crippen LogP contribution in [-0.2, 0) is 13.1 Å². The van der Waals surface area contributed by atoms with Crippen molar-refractivity contribution in [2.24, 2.45) is 0 Å². The van der Waals surface area contributed by atoms with Crippen LogP contribution in [0.15, 0.2) is 68.0 Å². The Balaban J connectivity index is 1.39. The number of nitrogens with zero attached hydrogens (tertiary/aromatic N) is 3. The van der Waals surface area contributed by atoms with Crippen molar-refractivity contribution < 1.29 is 13.3 Å². The number of hydrogen-bond acceptors (Lipinski definition) is 6. The molecule has 3 heterocycles. The van der Waals surface area contributed by atoms with E-state index in [-0.39, 0.29) is 0 Å². The standard InChI is InChI=1S/C19H16ClN3O3/c1-23(12-18-21-22-19(26-18)17-3-2-10-24-17)11-15-8-9-16(25-15)13-4-6-14(20)7-5-13/h2-10H,11-12H2,1H3. The van der Waals surface area contributed by atoms with Crippen molar-refractivity contribution in [3.63, 3.8) is 0 Å². The molecule has 0 saturated carbocycles. The molecule has 0 aliphatic heterocycles. The van der Waals surface area contributed by atoms with Gasteiger partial charge in [-0.2, -0.15) is 0 Å². The SMILES string of the molecule is CN(Cc1ccc(-c2ccc(Cl)cc2)o1)Cc1nnc(-c2ccco2)o1. The number of hydrogen-bond donors (Lipinski definition) is 0. The van der Waals surface area contributed by atoms with E-state index in [4.69, 9.17) is 24.9 Å². The van der Waals surface area contributed by atoms with Crippen LogP contribution in [0.1, 0.15) is 11.7 Å². The van der Waals surface area contributed by atoms with E-state index < -0.39 is 0 Å². The van der Waals surface area contributed by atoms with E-state index in [0.717, 1.165) is 17.1 Å². The van der Waals surface area contributed by atoms with Crippen LogP contribution in [0.25, 0.3) is 23.0 Å². The van der Waals surface area contributed by atoms with Crippen LogP contribution in [0.5, 0.6) is 0 Å². The minimum atomic E-state index is 0.376. The molecule has 0 N–H and O–H groups in total. The van der Waals surface area contributed by atoms with Gasteiger partial charge in [0.15, 0.2) is 5.76 Å². The van der Waals surface area contributed by atoms with Gasteiger partial charge in [0.05, 0.1) is 19.4 Å². The van der Waals surface area contributed by atoms with Gasteiger partial charge in [-0.25, -0.2) is 0 Å². The minimum Gasteiger partial charge on any atom is -0.460 e. The van der Waals surface area contributed by atoms with Crippen LogP contribution in [0, 0.1) is 0 Å². The summed E-state index contributed by atoms with van der Waals surface area (Å²) in [5, 5.41) is 8.75. The summed E-state index contributed by atoms with van der Waals surface area (Å²) >= 11 is 5.92. The summed E-state index contributed by atoms with van der Waals surface area (Å²) in [6, 6.07) is 15.0. The number of benzene rings is 1. The van der Waals surface area contributed by atoms with Crippen molar-refractivity contribution in [3.8, 4) is 23.0 Å². The lowest BCUT2D eigenvalue weighted by atomic mass is 10.2. The summed E-state index contributed by atoms with van der Waals surface area (Å²) in [5.41, 5.74) is 0.989. The lowest BCUT2D eigenvalue weighted by Gasteiger charge is -2.11. The van der Waals surface area contributed by atoms with E-state index in [0.29, 0.717) is 35.7 Å². The van der Waals surface area contributed by atoms with Crippen molar-refractivity contribution in [1.82, 2.24) is 15.1 Å². The van der Waals surface area contributed by atoms with E-state index in [9.17, 15) is 0 Å². The molecule has 132 valence electrons. The minimum absolute atomic E-state index is 0.376. The van der Waals surface area contributed by atoms with Gasteiger partial charge in [-0.3, -0.25) is 4.90 Å². The summed E-state index contributed by atoms with van der Waals surface area (Å²) in [6.07, 6.45) is 1.57.